The molecule has 2 aliphatic carbocycles. The van der Waals surface area contributed by atoms with Crippen molar-refractivity contribution in [3.8, 4) is 22.5 Å². The number of aliphatic hydroxyl groups is 1. The molecule has 2 heterocycles. The van der Waals surface area contributed by atoms with Gasteiger partial charge in [0.05, 0.1) is 9.87 Å². The van der Waals surface area contributed by atoms with Crippen LogP contribution in [-0.2, 0) is 37.7 Å². The third-order valence-electron chi connectivity index (χ3n) is 13.5. The van der Waals surface area contributed by atoms with Crippen LogP contribution in [0.1, 0.15) is 142 Å². The van der Waals surface area contributed by atoms with Crippen LogP contribution in [0.5, 0.6) is 0 Å². The molecule has 1 N–H and O–H groups in total. The van der Waals surface area contributed by atoms with Crippen molar-refractivity contribution in [3.63, 3.8) is 0 Å². The van der Waals surface area contributed by atoms with Crippen LogP contribution in [0.3, 0.4) is 0 Å². The van der Waals surface area contributed by atoms with E-state index in [-0.39, 0.29) is 49.8 Å². The van der Waals surface area contributed by atoms with Gasteiger partial charge in [0.25, 0.3) is 0 Å². The first-order valence-electron chi connectivity index (χ1n) is 26.0. The number of benzene rings is 4. The summed E-state index contributed by atoms with van der Waals surface area (Å²) >= 11 is 0. The first-order chi connectivity index (χ1) is 32.8. The number of rotatable bonds is 14. The quantitative estimate of drug-likeness (QED) is 0.0671. The fraction of sp³-hybridized carbons (Fsp3) is 0.450. The third kappa shape index (κ3) is 15.5. The molecule has 2 aromatic heterocycles. The molecule has 2 aliphatic rings. The van der Waals surface area contributed by atoms with Gasteiger partial charge in [-0.05, 0) is 107 Å². The number of alkyl halides is 2. The molecule has 1 atom stereocenters. The molecule has 0 spiro atoms. The Labute approximate surface area is 418 Å². The number of nitrogens with zero attached hydrogens (tertiary/aromatic N) is 2. The second-order valence-electron chi connectivity index (χ2n) is 19.3. The number of carbonyl (C=O) groups excluding carboxylic acids is 1. The Bertz CT molecular complexity index is 2710. The standard InChI is InChI=1S/2C23H24N.C14H24F2O2.Ir/c2*1-16-11-17(2)13-21(12-16)23-22-8-7-19(14-18-5-3-4-6-18)15-20(22)9-10-24-23;1-5-10(6-2)12(17)8-13(18)11(7-3)9-14(4,15)16;/h2*7-12,15,18H,3-6,14H2,1-2H3;8,10-11,18H,5-7,9H2,1-4H3;/q2*-1;;/b;;13-8-;/i9D,10D;10D;;. The maximum Gasteiger partial charge on any atom is 0.246 e. The summed E-state index contributed by atoms with van der Waals surface area (Å²) < 4.78 is 50.5. The summed E-state index contributed by atoms with van der Waals surface area (Å²) in [5.74, 6) is -2.39. The van der Waals surface area contributed by atoms with Gasteiger partial charge in [0.15, 0.2) is 5.78 Å². The molecule has 0 saturated heterocycles. The van der Waals surface area contributed by atoms with E-state index in [1.54, 1.807) is 6.92 Å². The van der Waals surface area contributed by atoms with Gasteiger partial charge < -0.3 is 15.1 Å². The molecule has 8 rings (SSSR count). The smallest absolute Gasteiger partial charge is 0.246 e. The van der Waals surface area contributed by atoms with Crippen molar-refractivity contribution in [2.45, 2.75) is 151 Å². The van der Waals surface area contributed by atoms with E-state index in [1.807, 2.05) is 26.8 Å². The Morgan fingerprint density at radius 1 is 0.716 bits per heavy atom. The number of hydrogen-bond donors (Lipinski definition) is 1. The van der Waals surface area contributed by atoms with E-state index in [9.17, 15) is 18.7 Å². The van der Waals surface area contributed by atoms with Gasteiger partial charge in [-0.3, -0.25) is 4.79 Å². The molecule has 0 amide bonds. The first kappa shape index (κ1) is 48.9. The Morgan fingerprint density at radius 2 is 1.18 bits per heavy atom. The van der Waals surface area contributed by atoms with Crippen LogP contribution in [0.2, 0.25) is 0 Å². The van der Waals surface area contributed by atoms with Crippen LogP contribution in [-0.4, -0.2) is 26.8 Å². The Hall–Kier alpha value is -4.58. The summed E-state index contributed by atoms with van der Waals surface area (Å²) in [6, 6.07) is 30.4. The normalized spacial score (nSPS) is 15.6. The van der Waals surface area contributed by atoms with Crippen LogP contribution >= 0.6 is 0 Å². The summed E-state index contributed by atoms with van der Waals surface area (Å²) in [6.45, 7) is 14.6. The summed E-state index contributed by atoms with van der Waals surface area (Å²) in [5, 5.41) is 13.8. The SMILES string of the molecule is CCC(CC)C(=O)/C=C(\O)C(CC)CC(C)(F)F.[2H]c1cc2cc(CC3CCCC3)ccc2c(-c2[c-]c(C)cc(C)c2)n1.[2H]c1nc(-c2[c-]c(C)cc(C)c2)c2ccc(CC3CCCC3)cc2c1[2H].[Ir]. The van der Waals surface area contributed by atoms with Gasteiger partial charge in [0, 0.05) is 56.8 Å². The molecule has 0 aliphatic heterocycles. The molecule has 359 valence electrons. The van der Waals surface area contributed by atoms with E-state index in [4.69, 9.17) is 4.11 Å². The predicted molar refractivity (Wildman–Crippen MR) is 271 cm³/mol. The Morgan fingerprint density at radius 3 is 1.64 bits per heavy atom. The summed E-state index contributed by atoms with van der Waals surface area (Å²) in [6.07, 6.45) is 15.9. The number of halogens is 2. The number of hydrogen-bond acceptors (Lipinski definition) is 4. The fourth-order valence-electron chi connectivity index (χ4n) is 10.0. The summed E-state index contributed by atoms with van der Waals surface area (Å²) in [5.41, 5.74) is 10.7. The van der Waals surface area contributed by atoms with Crippen LogP contribution < -0.4 is 0 Å². The van der Waals surface area contributed by atoms with Gasteiger partial charge in [-0.15, -0.1) is 69.8 Å². The number of aliphatic hydroxyl groups excluding tert-OH is 1. The largest absolute Gasteiger partial charge is 0.512 e. The monoisotopic (exact) mass is 1090 g/mol. The number of ketones is 1. The molecule has 1 unspecified atom stereocenters. The van der Waals surface area contributed by atoms with Crippen LogP contribution in [0.25, 0.3) is 44.1 Å². The molecule has 1 radical (unpaired) electrons. The third-order valence-corrected chi connectivity index (χ3v) is 13.5. The molecular weight excluding hydrogens is 1010 g/mol. The topological polar surface area (TPSA) is 63.1 Å². The molecule has 0 bridgehead atoms. The van der Waals surface area contributed by atoms with Gasteiger partial charge in [-0.1, -0.05) is 136 Å². The number of aromatic nitrogens is 2. The summed E-state index contributed by atoms with van der Waals surface area (Å²) in [7, 11) is 0. The molecule has 7 heteroatoms. The van der Waals surface area contributed by atoms with Crippen LogP contribution in [0.4, 0.5) is 8.78 Å². The number of allylic oxidation sites excluding steroid dienone is 2. The maximum atomic E-state index is 12.9. The number of carbonyl (C=O) groups is 1. The minimum atomic E-state index is -2.83. The second kappa shape index (κ2) is 25.1. The zero-order valence-electron chi connectivity index (χ0n) is 44.0. The van der Waals surface area contributed by atoms with E-state index in [1.165, 1.54) is 68.1 Å². The van der Waals surface area contributed by atoms with Gasteiger partial charge in [-0.25, -0.2) is 8.78 Å². The molecule has 4 nitrogen and oxygen atoms in total. The van der Waals surface area contributed by atoms with Gasteiger partial charge in [0.1, 0.15) is 0 Å². The van der Waals surface area contributed by atoms with E-state index in [0.717, 1.165) is 98.4 Å². The zero-order valence-corrected chi connectivity index (χ0v) is 43.4. The number of aryl methyl sites for hydroxylation is 4. The van der Waals surface area contributed by atoms with Crippen molar-refractivity contribution in [1.29, 1.82) is 0 Å². The molecular formula is C60H72F2IrN2O2-2. The van der Waals surface area contributed by atoms with Gasteiger partial charge >= 0.3 is 0 Å². The van der Waals surface area contributed by atoms with Gasteiger partial charge in [-0.2, -0.15) is 0 Å². The Balaban J connectivity index is 0.000000198. The van der Waals surface area contributed by atoms with E-state index in [0.29, 0.717) is 25.4 Å². The summed E-state index contributed by atoms with van der Waals surface area (Å²) in [4.78, 5) is 20.7. The minimum Gasteiger partial charge on any atom is -0.512 e. The van der Waals surface area contributed by atoms with Crippen LogP contribution in [0.15, 0.2) is 97.0 Å². The number of fused-ring (bicyclic) bond motifs is 2. The zero-order chi connectivity index (χ0) is 50.0. The minimum absolute atomic E-state index is 0. The van der Waals surface area contributed by atoms with Gasteiger partial charge in [0.2, 0.25) is 5.92 Å². The van der Waals surface area contributed by atoms with E-state index in [2.05, 4.69) is 104 Å². The fourth-order valence-corrected chi connectivity index (χ4v) is 10.0. The van der Waals surface area contributed by atoms with Crippen LogP contribution in [0, 0.1) is 63.5 Å². The molecule has 67 heavy (non-hydrogen) atoms. The first-order valence-corrected chi connectivity index (χ1v) is 24.5. The second-order valence-corrected chi connectivity index (χ2v) is 19.3. The molecule has 2 fully saturated rings. The van der Waals surface area contributed by atoms with Crippen molar-refractivity contribution >= 4 is 27.3 Å². The number of pyridine rings is 2. The van der Waals surface area contributed by atoms with Crippen molar-refractivity contribution in [3.05, 3.63) is 142 Å². The molecule has 4 aromatic carbocycles. The van der Waals surface area contributed by atoms with Crippen molar-refractivity contribution in [2.24, 2.45) is 23.7 Å². The average molecular weight is 1090 g/mol. The van der Waals surface area contributed by atoms with Crippen molar-refractivity contribution in [1.82, 2.24) is 9.97 Å². The predicted octanol–water partition coefficient (Wildman–Crippen LogP) is 16.6. The van der Waals surface area contributed by atoms with Crippen molar-refractivity contribution in [2.75, 3.05) is 0 Å². The average Bonchev–Trinajstić information content (AvgIpc) is 4.01. The molecule has 6 aromatic rings. The van der Waals surface area contributed by atoms with E-state index < -0.39 is 18.3 Å². The van der Waals surface area contributed by atoms with Crippen molar-refractivity contribution < 1.29 is 42.9 Å². The maximum absolute atomic E-state index is 12.9. The molecule has 2 saturated carbocycles. The Kier molecular flexibility index (Phi) is 18.3. The van der Waals surface area contributed by atoms with E-state index >= 15 is 0 Å².